The van der Waals surface area contributed by atoms with E-state index in [2.05, 4.69) is 54.3 Å². The molecule has 2 aliphatic carbocycles. The molecule has 0 radical (unpaired) electrons. The number of hydrogen-bond donors (Lipinski definition) is 2. The Kier molecular flexibility index (Phi) is 9.07. The molecule has 4 saturated heterocycles. The van der Waals surface area contributed by atoms with Crippen LogP contribution in [0.5, 0.6) is 11.5 Å². The fourth-order valence-electron chi connectivity index (χ4n) is 10.6. The second kappa shape index (κ2) is 14.4. The van der Waals surface area contributed by atoms with Gasteiger partial charge in [0.1, 0.15) is 35.3 Å². The monoisotopic (exact) mass is 815 g/mol. The van der Waals surface area contributed by atoms with Crippen molar-refractivity contribution in [3.05, 3.63) is 53.9 Å². The molecule has 0 bridgehead atoms. The van der Waals surface area contributed by atoms with Gasteiger partial charge in [0.2, 0.25) is 11.8 Å². The zero-order chi connectivity index (χ0) is 40.8. The molecule has 1 unspecified atom stereocenters. The summed E-state index contributed by atoms with van der Waals surface area (Å²) >= 11 is 0. The number of carbonyl (C=O) groups is 3. The Morgan fingerprint density at radius 3 is 2.42 bits per heavy atom. The number of carbonyl (C=O) groups excluding carboxylic acids is 3. The molecule has 2 N–H and O–H groups in total. The van der Waals surface area contributed by atoms with Crippen molar-refractivity contribution in [2.75, 3.05) is 56.2 Å². The van der Waals surface area contributed by atoms with Crippen LogP contribution in [0.2, 0.25) is 0 Å². The summed E-state index contributed by atoms with van der Waals surface area (Å²) in [5.41, 5.74) is 5.35. The molecule has 3 amide bonds. The molecule has 2 saturated carbocycles. The predicted molar refractivity (Wildman–Crippen MR) is 223 cm³/mol. The molecular weight excluding hydrogens is 763 g/mol. The van der Waals surface area contributed by atoms with Gasteiger partial charge in [-0.1, -0.05) is 0 Å². The Morgan fingerprint density at radius 2 is 1.67 bits per heavy atom. The Labute approximate surface area is 349 Å². The number of fused-ring (bicyclic) bond motifs is 2. The van der Waals surface area contributed by atoms with Gasteiger partial charge in [-0.3, -0.25) is 29.7 Å². The second-order valence-corrected chi connectivity index (χ2v) is 18.6. The lowest BCUT2D eigenvalue weighted by molar-refractivity contribution is -0.137. The van der Waals surface area contributed by atoms with Crippen LogP contribution in [0.4, 0.5) is 11.5 Å². The normalized spacial score (nSPS) is 26.2. The number of aromatic nitrogens is 4. The third kappa shape index (κ3) is 6.73. The highest BCUT2D eigenvalue weighted by Gasteiger charge is 2.50. The topological polar surface area (TPSA) is 158 Å². The van der Waals surface area contributed by atoms with Gasteiger partial charge in [-0.25, -0.2) is 9.97 Å². The number of hydrogen-bond acceptors (Lipinski definition) is 12. The van der Waals surface area contributed by atoms with E-state index in [1.54, 1.807) is 18.3 Å². The minimum absolute atomic E-state index is 0.0409. The van der Waals surface area contributed by atoms with Crippen molar-refractivity contribution in [1.29, 1.82) is 0 Å². The summed E-state index contributed by atoms with van der Waals surface area (Å²) in [6, 6.07) is 12.0. The molecule has 2 aromatic carbocycles. The number of benzene rings is 2. The number of H-pyrrole nitrogens is 1. The van der Waals surface area contributed by atoms with Crippen molar-refractivity contribution in [2.45, 2.75) is 108 Å². The zero-order valence-corrected chi connectivity index (χ0v) is 34.5. The first-order valence-corrected chi connectivity index (χ1v) is 21.9. The highest BCUT2D eigenvalue weighted by Crippen LogP contribution is 2.47. The number of imide groups is 1. The molecule has 1 spiro atoms. The van der Waals surface area contributed by atoms with E-state index in [-0.39, 0.29) is 29.9 Å². The number of amides is 3. The number of likely N-dealkylation sites (tertiary alicyclic amines) is 1. The summed E-state index contributed by atoms with van der Waals surface area (Å²) < 4.78 is 18.8. The average molecular weight is 816 g/mol. The molecule has 7 aliphatic rings. The van der Waals surface area contributed by atoms with Crippen LogP contribution >= 0.6 is 0 Å². The van der Waals surface area contributed by atoms with Gasteiger partial charge in [-0.2, -0.15) is 5.10 Å². The minimum Gasteiger partial charge on any atom is -0.494 e. The van der Waals surface area contributed by atoms with Gasteiger partial charge < -0.3 is 28.9 Å². The maximum atomic E-state index is 13.3. The summed E-state index contributed by atoms with van der Waals surface area (Å²) in [6.45, 7) is 8.49. The van der Waals surface area contributed by atoms with Crippen LogP contribution in [-0.2, 0) is 20.9 Å². The first-order chi connectivity index (χ1) is 29.1. The lowest BCUT2D eigenvalue weighted by Crippen LogP contribution is -2.66. The quantitative estimate of drug-likeness (QED) is 0.210. The van der Waals surface area contributed by atoms with Crippen molar-refractivity contribution < 1.29 is 28.6 Å². The lowest BCUT2D eigenvalue weighted by atomic mass is 9.69. The lowest BCUT2D eigenvalue weighted by Gasteiger charge is -2.59. The van der Waals surface area contributed by atoms with E-state index >= 15 is 0 Å². The number of methoxy groups -OCH3 is 1. The SMILES string of the molecule is COc1c(N2CCC(O[C@H]3C[C@H](N4CC5(CCN(c6cc(-c7[nH]nc8ccc(OC9(C)CC9)cc78)ncn6)CC5)C4)C3)CC2)ccc2c1CN(C1CCC(=O)NC1=O)C2=O. The number of ether oxygens (including phenoxy) is 3. The van der Waals surface area contributed by atoms with Gasteiger partial charge in [0.05, 0.1) is 48.5 Å². The van der Waals surface area contributed by atoms with E-state index in [4.69, 9.17) is 19.2 Å². The number of piperidine rings is 3. The highest BCUT2D eigenvalue weighted by atomic mass is 16.5. The van der Waals surface area contributed by atoms with E-state index in [1.807, 2.05) is 24.3 Å². The second-order valence-electron chi connectivity index (χ2n) is 18.6. The van der Waals surface area contributed by atoms with Crippen LogP contribution in [0.3, 0.4) is 0 Å². The van der Waals surface area contributed by atoms with Crippen LogP contribution in [-0.4, -0.2) is 124 Å². The third-order valence-corrected chi connectivity index (χ3v) is 14.6. The predicted octanol–water partition coefficient (Wildman–Crippen LogP) is 4.84. The first kappa shape index (κ1) is 37.7. The number of nitrogens with one attached hydrogen (secondary N) is 2. The van der Waals surface area contributed by atoms with Crippen LogP contribution in [0.25, 0.3) is 22.3 Å². The molecular formula is C45H53N9O6. The summed E-state index contributed by atoms with van der Waals surface area (Å²) in [6.07, 6.45) is 11.4. The van der Waals surface area contributed by atoms with E-state index in [1.165, 1.54) is 25.9 Å². The number of aromatic amines is 1. The van der Waals surface area contributed by atoms with Gasteiger partial charge in [-0.15, -0.1) is 0 Å². The molecule has 314 valence electrons. The highest BCUT2D eigenvalue weighted by molar-refractivity contribution is 6.06. The Morgan fingerprint density at radius 1 is 0.867 bits per heavy atom. The summed E-state index contributed by atoms with van der Waals surface area (Å²) in [5, 5.41) is 11.2. The van der Waals surface area contributed by atoms with Crippen molar-refractivity contribution >= 4 is 40.1 Å². The molecule has 1 atom stereocenters. The van der Waals surface area contributed by atoms with Crippen molar-refractivity contribution in [3.63, 3.8) is 0 Å². The molecule has 15 heteroatoms. The maximum absolute atomic E-state index is 13.3. The van der Waals surface area contributed by atoms with E-state index < -0.39 is 11.9 Å². The van der Waals surface area contributed by atoms with Gasteiger partial charge in [0.15, 0.2) is 0 Å². The summed E-state index contributed by atoms with van der Waals surface area (Å²) in [4.78, 5) is 56.0. The van der Waals surface area contributed by atoms with Crippen LogP contribution < -0.4 is 24.6 Å². The Balaban J connectivity index is 0.637. The molecule has 7 heterocycles. The maximum Gasteiger partial charge on any atom is 0.255 e. The van der Waals surface area contributed by atoms with Gasteiger partial charge in [-0.05, 0) is 100 Å². The molecule has 15 nitrogen and oxygen atoms in total. The van der Waals surface area contributed by atoms with Gasteiger partial charge in [0, 0.05) is 74.3 Å². The standard InChI is InChI=1S/C45H53N9O6/c1-44(11-12-44)60-29-3-5-34-32(21-29)40(50-49-34)35-22-38(47-26-46-35)52-17-13-45(14-18-52)24-53(25-45)27-19-30(20-27)59-28-9-15-51(16-10-28)36-6-4-31-33(41(36)58-2)23-54(43(31)57)37-7-8-39(55)48-42(37)56/h3-6,21-22,26-28,30,37H,7-20,23-25H2,1-2H3,(H,49,50)(H,48,55,56)/t27-,30-,37?. The summed E-state index contributed by atoms with van der Waals surface area (Å²) in [7, 11) is 1.64. The fourth-order valence-corrected chi connectivity index (χ4v) is 10.6. The van der Waals surface area contributed by atoms with Crippen LogP contribution in [0.15, 0.2) is 42.7 Å². The minimum atomic E-state index is -0.650. The summed E-state index contributed by atoms with van der Waals surface area (Å²) in [5.74, 6) is 1.65. The Bertz CT molecular complexity index is 2350. The molecule has 4 aromatic rings. The first-order valence-electron chi connectivity index (χ1n) is 21.9. The van der Waals surface area contributed by atoms with Gasteiger partial charge >= 0.3 is 0 Å². The largest absolute Gasteiger partial charge is 0.494 e. The van der Waals surface area contributed by atoms with Gasteiger partial charge in [0.25, 0.3) is 5.91 Å². The van der Waals surface area contributed by atoms with E-state index in [9.17, 15) is 14.4 Å². The molecule has 60 heavy (non-hydrogen) atoms. The zero-order valence-electron chi connectivity index (χ0n) is 34.5. The average Bonchev–Trinajstić information content (AvgIpc) is 3.65. The fraction of sp³-hybridized carbons (Fsp3) is 0.556. The third-order valence-electron chi connectivity index (χ3n) is 14.6. The van der Waals surface area contributed by atoms with Crippen molar-refractivity contribution in [1.82, 2.24) is 35.3 Å². The van der Waals surface area contributed by atoms with Crippen LogP contribution in [0, 0.1) is 5.41 Å². The Hall–Kier alpha value is -5.28. The molecule has 6 fully saturated rings. The molecule has 5 aliphatic heterocycles. The van der Waals surface area contributed by atoms with E-state index in [0.29, 0.717) is 41.8 Å². The number of nitrogens with zero attached hydrogens (tertiary/aromatic N) is 7. The number of anilines is 2. The molecule has 11 rings (SSSR count). The smallest absolute Gasteiger partial charge is 0.255 e. The van der Waals surface area contributed by atoms with Crippen LogP contribution in [0.1, 0.15) is 87.1 Å². The molecule has 2 aromatic heterocycles. The van der Waals surface area contributed by atoms with E-state index in [0.717, 1.165) is 110 Å². The van der Waals surface area contributed by atoms with Crippen molar-refractivity contribution in [3.8, 4) is 22.9 Å². The number of rotatable bonds is 10. The van der Waals surface area contributed by atoms with Crippen molar-refractivity contribution in [2.24, 2.45) is 5.41 Å².